The van der Waals surface area contributed by atoms with Crippen LogP contribution in [-0.2, 0) is 6.54 Å². The van der Waals surface area contributed by atoms with Crippen LogP contribution in [0.15, 0.2) is 77.7 Å². The minimum absolute atomic E-state index is 0.0873. The van der Waals surface area contributed by atoms with Gasteiger partial charge >= 0.3 is 0 Å². The first-order chi connectivity index (χ1) is 12.2. The number of carbonyl (C=O) groups is 1. The monoisotopic (exact) mass is 334 g/mol. The van der Waals surface area contributed by atoms with E-state index in [0.29, 0.717) is 18.0 Å². The average molecular weight is 334 g/mol. The zero-order chi connectivity index (χ0) is 17.6. The molecule has 126 valence electrons. The number of hydrogen-bond acceptors (Lipinski definition) is 3. The summed E-state index contributed by atoms with van der Waals surface area (Å²) in [6, 6.07) is 19.9. The van der Waals surface area contributed by atoms with Gasteiger partial charge in [0.05, 0.1) is 19.3 Å². The van der Waals surface area contributed by atoms with Crippen molar-refractivity contribution in [3.05, 3.63) is 94.4 Å². The molecule has 0 aliphatic carbocycles. The molecule has 0 atom stereocenters. The van der Waals surface area contributed by atoms with Crippen molar-refractivity contribution in [1.82, 2.24) is 4.57 Å². The second-order valence-corrected chi connectivity index (χ2v) is 5.49. The van der Waals surface area contributed by atoms with Crippen molar-refractivity contribution in [2.24, 2.45) is 0 Å². The zero-order valence-corrected chi connectivity index (χ0v) is 13.8. The summed E-state index contributed by atoms with van der Waals surface area (Å²) in [4.78, 5) is 25.2. The first-order valence-electron chi connectivity index (χ1n) is 7.87. The lowest BCUT2D eigenvalue weighted by molar-refractivity contribution is 0.102. The third kappa shape index (κ3) is 3.77. The summed E-state index contributed by atoms with van der Waals surface area (Å²) in [6.45, 7) is 0.412. The molecule has 3 rings (SSSR count). The number of anilines is 1. The van der Waals surface area contributed by atoms with Crippen LogP contribution in [0.2, 0.25) is 0 Å². The van der Waals surface area contributed by atoms with E-state index >= 15 is 0 Å². The molecule has 1 heterocycles. The Hall–Kier alpha value is -3.34. The molecule has 1 amide bonds. The molecular weight excluding hydrogens is 316 g/mol. The van der Waals surface area contributed by atoms with E-state index in [2.05, 4.69) is 5.32 Å². The van der Waals surface area contributed by atoms with Gasteiger partial charge in [-0.1, -0.05) is 42.5 Å². The number of hydrogen-bond donors (Lipinski definition) is 1. The van der Waals surface area contributed by atoms with E-state index in [1.165, 1.54) is 17.7 Å². The second kappa shape index (κ2) is 7.49. The molecule has 0 saturated heterocycles. The number of pyridine rings is 1. The van der Waals surface area contributed by atoms with Crippen molar-refractivity contribution in [3.63, 3.8) is 0 Å². The highest BCUT2D eigenvalue weighted by molar-refractivity contribution is 6.04. The van der Waals surface area contributed by atoms with Crippen LogP contribution in [0.3, 0.4) is 0 Å². The Morgan fingerprint density at radius 1 is 1.00 bits per heavy atom. The molecule has 0 radical (unpaired) electrons. The number of aromatic nitrogens is 1. The van der Waals surface area contributed by atoms with Gasteiger partial charge in [-0.2, -0.15) is 0 Å². The molecule has 3 aromatic rings. The van der Waals surface area contributed by atoms with Crippen molar-refractivity contribution in [1.29, 1.82) is 0 Å². The molecule has 0 spiro atoms. The highest BCUT2D eigenvalue weighted by atomic mass is 16.5. The van der Waals surface area contributed by atoms with Crippen molar-refractivity contribution in [2.75, 3.05) is 12.4 Å². The maximum absolute atomic E-state index is 12.6. The summed E-state index contributed by atoms with van der Waals surface area (Å²) in [7, 11) is 1.53. The predicted molar refractivity (Wildman–Crippen MR) is 97.2 cm³/mol. The van der Waals surface area contributed by atoms with Crippen LogP contribution >= 0.6 is 0 Å². The van der Waals surface area contributed by atoms with Crippen molar-refractivity contribution in [2.45, 2.75) is 6.54 Å². The minimum Gasteiger partial charge on any atom is -0.495 e. The predicted octanol–water partition coefficient (Wildman–Crippen LogP) is 3.16. The molecule has 0 fully saturated rings. The summed E-state index contributed by atoms with van der Waals surface area (Å²) in [6.07, 6.45) is 1.68. The first kappa shape index (κ1) is 16.5. The SMILES string of the molecule is COc1ccccc1NC(=O)c1cccn(Cc2ccccc2)c1=O. The molecular formula is C20H18N2O3. The van der Waals surface area contributed by atoms with E-state index < -0.39 is 5.91 Å². The summed E-state index contributed by atoms with van der Waals surface area (Å²) in [5.74, 6) is 0.0771. The molecule has 25 heavy (non-hydrogen) atoms. The van der Waals surface area contributed by atoms with Gasteiger partial charge in [-0.15, -0.1) is 0 Å². The first-order valence-corrected chi connectivity index (χ1v) is 7.87. The number of ether oxygens (including phenoxy) is 1. The van der Waals surface area contributed by atoms with Crippen molar-refractivity contribution < 1.29 is 9.53 Å². The lowest BCUT2D eigenvalue weighted by Gasteiger charge is -2.11. The molecule has 1 N–H and O–H groups in total. The maximum Gasteiger partial charge on any atom is 0.263 e. The van der Waals surface area contributed by atoms with E-state index in [9.17, 15) is 9.59 Å². The highest BCUT2D eigenvalue weighted by Crippen LogP contribution is 2.23. The topological polar surface area (TPSA) is 60.3 Å². The van der Waals surface area contributed by atoms with Gasteiger partial charge in [0.2, 0.25) is 0 Å². The molecule has 1 aromatic heterocycles. The van der Waals surface area contributed by atoms with Gasteiger partial charge in [-0.3, -0.25) is 9.59 Å². The lowest BCUT2D eigenvalue weighted by Crippen LogP contribution is -2.29. The zero-order valence-electron chi connectivity index (χ0n) is 13.8. The Kier molecular flexibility index (Phi) is 4.95. The fraction of sp³-hybridized carbons (Fsp3) is 0.100. The molecule has 5 heteroatoms. The Morgan fingerprint density at radius 2 is 1.72 bits per heavy atom. The third-order valence-electron chi connectivity index (χ3n) is 3.82. The summed E-state index contributed by atoms with van der Waals surface area (Å²) in [5.41, 5.74) is 1.27. The number of carbonyl (C=O) groups excluding carboxylic acids is 1. The van der Waals surface area contributed by atoms with Gasteiger partial charge in [0.25, 0.3) is 11.5 Å². The van der Waals surface area contributed by atoms with E-state index in [-0.39, 0.29) is 11.1 Å². The molecule has 0 aliphatic rings. The quantitative estimate of drug-likeness (QED) is 0.780. The van der Waals surface area contributed by atoms with Gasteiger partial charge < -0.3 is 14.6 Å². The molecule has 0 bridgehead atoms. The number of benzene rings is 2. The van der Waals surface area contributed by atoms with Gasteiger partial charge in [-0.25, -0.2) is 0 Å². The number of para-hydroxylation sites is 2. The summed E-state index contributed by atoms with van der Waals surface area (Å²) in [5, 5.41) is 2.73. The molecule has 2 aromatic carbocycles. The number of nitrogens with zero attached hydrogens (tertiary/aromatic N) is 1. The third-order valence-corrected chi connectivity index (χ3v) is 3.82. The number of nitrogens with one attached hydrogen (secondary N) is 1. The van der Waals surface area contributed by atoms with Gasteiger partial charge in [0.1, 0.15) is 11.3 Å². The van der Waals surface area contributed by atoms with Crippen LogP contribution in [0.4, 0.5) is 5.69 Å². The van der Waals surface area contributed by atoms with Crippen molar-refractivity contribution >= 4 is 11.6 Å². The Balaban J connectivity index is 1.86. The largest absolute Gasteiger partial charge is 0.495 e. The van der Waals surface area contributed by atoms with Gasteiger partial charge in [0, 0.05) is 6.20 Å². The van der Waals surface area contributed by atoms with E-state index in [1.54, 1.807) is 30.5 Å². The molecule has 0 aliphatic heterocycles. The smallest absolute Gasteiger partial charge is 0.263 e. The minimum atomic E-state index is -0.461. The van der Waals surface area contributed by atoms with Crippen LogP contribution in [0.5, 0.6) is 5.75 Å². The Morgan fingerprint density at radius 3 is 2.48 bits per heavy atom. The van der Waals surface area contributed by atoms with Gasteiger partial charge in [0.15, 0.2) is 0 Å². The average Bonchev–Trinajstić information content (AvgIpc) is 2.64. The Labute approximate surface area is 145 Å². The standard InChI is InChI=1S/C20H18N2O3/c1-25-18-12-6-5-11-17(18)21-19(23)16-10-7-13-22(20(16)24)14-15-8-3-2-4-9-15/h2-13H,14H2,1H3,(H,21,23). The fourth-order valence-electron chi connectivity index (χ4n) is 2.55. The van der Waals surface area contributed by atoms with Gasteiger partial charge in [-0.05, 0) is 29.8 Å². The fourth-order valence-corrected chi connectivity index (χ4v) is 2.55. The maximum atomic E-state index is 12.6. The second-order valence-electron chi connectivity index (χ2n) is 5.49. The summed E-state index contributed by atoms with van der Waals surface area (Å²) < 4.78 is 6.74. The summed E-state index contributed by atoms with van der Waals surface area (Å²) >= 11 is 0. The van der Waals surface area contributed by atoms with Crippen LogP contribution in [0.25, 0.3) is 0 Å². The Bertz CT molecular complexity index is 933. The normalized spacial score (nSPS) is 10.3. The van der Waals surface area contributed by atoms with E-state index in [1.807, 2.05) is 36.4 Å². The van der Waals surface area contributed by atoms with Crippen LogP contribution < -0.4 is 15.6 Å². The van der Waals surface area contributed by atoms with E-state index in [0.717, 1.165) is 5.56 Å². The van der Waals surface area contributed by atoms with Crippen molar-refractivity contribution in [3.8, 4) is 5.75 Å². The van der Waals surface area contributed by atoms with Crippen LogP contribution in [-0.4, -0.2) is 17.6 Å². The van der Waals surface area contributed by atoms with Crippen LogP contribution in [0, 0.1) is 0 Å². The molecule has 0 unspecified atom stereocenters. The number of methoxy groups -OCH3 is 1. The molecule has 0 saturated carbocycles. The lowest BCUT2D eigenvalue weighted by atomic mass is 10.2. The number of rotatable bonds is 5. The van der Waals surface area contributed by atoms with E-state index in [4.69, 9.17) is 4.74 Å². The number of amides is 1. The van der Waals surface area contributed by atoms with Crippen LogP contribution in [0.1, 0.15) is 15.9 Å². The highest BCUT2D eigenvalue weighted by Gasteiger charge is 2.14. The molecule has 5 nitrogen and oxygen atoms in total.